The smallest absolute Gasteiger partial charge is 0.355 e. The van der Waals surface area contributed by atoms with Crippen LogP contribution in [0, 0.1) is 13.8 Å². The molecule has 0 atom stereocenters. The molecule has 2 rings (SSSR count). The summed E-state index contributed by atoms with van der Waals surface area (Å²) in [6.07, 6.45) is 0. The molecular formula is C11H10BrF2N3O2. The Bertz CT molecular complexity index is 694. The zero-order chi connectivity index (χ0) is 14.3. The number of rotatable bonds is 2. The van der Waals surface area contributed by atoms with Gasteiger partial charge in [-0.1, -0.05) is 0 Å². The van der Waals surface area contributed by atoms with Gasteiger partial charge in [0.1, 0.15) is 11.6 Å². The second kappa shape index (κ2) is 4.76. The predicted molar refractivity (Wildman–Crippen MR) is 67.9 cm³/mol. The summed E-state index contributed by atoms with van der Waals surface area (Å²) >= 11 is 3.22. The first kappa shape index (κ1) is 13.7. The van der Waals surface area contributed by atoms with Gasteiger partial charge in [-0.3, -0.25) is 0 Å². The highest BCUT2D eigenvalue weighted by atomic mass is 79.9. The maximum Gasteiger partial charge on any atom is 0.355 e. The number of benzene rings is 1. The van der Waals surface area contributed by atoms with Gasteiger partial charge in [-0.25, -0.2) is 9.36 Å². The van der Waals surface area contributed by atoms with Gasteiger partial charge in [-0.2, -0.15) is 13.5 Å². The topological polar surface area (TPSA) is 60.0 Å². The minimum absolute atomic E-state index is 0.0469. The van der Waals surface area contributed by atoms with Crippen LogP contribution in [0.1, 0.15) is 17.9 Å². The van der Waals surface area contributed by atoms with Gasteiger partial charge in [-0.05, 0) is 41.4 Å². The number of alkyl halides is 2. The fourth-order valence-corrected chi connectivity index (χ4v) is 2.30. The Morgan fingerprint density at radius 1 is 1.37 bits per heavy atom. The Kier molecular flexibility index (Phi) is 3.44. The van der Waals surface area contributed by atoms with Crippen LogP contribution in [0.3, 0.4) is 0 Å². The maximum absolute atomic E-state index is 12.7. The first-order chi connectivity index (χ1) is 8.82. The fourth-order valence-electron chi connectivity index (χ4n) is 1.67. The normalized spacial score (nSPS) is 11.3. The van der Waals surface area contributed by atoms with Crippen LogP contribution in [0.2, 0.25) is 0 Å². The third-order valence-electron chi connectivity index (χ3n) is 2.67. The predicted octanol–water partition coefficient (Wildman–Crippen LogP) is 2.51. The van der Waals surface area contributed by atoms with Crippen molar-refractivity contribution in [3.8, 4) is 11.4 Å². The van der Waals surface area contributed by atoms with Crippen molar-refractivity contribution in [1.29, 1.82) is 0 Å². The largest absolute Gasteiger partial charge is 0.508 e. The van der Waals surface area contributed by atoms with E-state index < -0.39 is 12.2 Å². The zero-order valence-electron chi connectivity index (χ0n) is 10.1. The minimum Gasteiger partial charge on any atom is -0.508 e. The van der Waals surface area contributed by atoms with Crippen molar-refractivity contribution in [2.75, 3.05) is 0 Å². The lowest BCUT2D eigenvalue weighted by molar-refractivity contribution is 0.0640. The number of aromatic hydroxyl groups is 1. The first-order valence-corrected chi connectivity index (χ1v) is 6.08. The Hall–Kier alpha value is -1.70. The second-order valence-corrected chi connectivity index (χ2v) is 4.83. The van der Waals surface area contributed by atoms with Crippen LogP contribution in [-0.4, -0.2) is 19.5 Å². The quantitative estimate of drug-likeness (QED) is 0.918. The van der Waals surface area contributed by atoms with Crippen molar-refractivity contribution in [3.05, 3.63) is 38.5 Å². The molecule has 0 saturated heterocycles. The number of phenols is 1. The molecule has 0 unspecified atom stereocenters. The van der Waals surface area contributed by atoms with Gasteiger partial charge in [0.2, 0.25) is 0 Å². The van der Waals surface area contributed by atoms with Crippen molar-refractivity contribution in [1.82, 2.24) is 14.3 Å². The molecule has 0 aliphatic rings. The molecule has 8 heteroatoms. The lowest BCUT2D eigenvalue weighted by atomic mass is 10.2. The molecule has 1 aromatic heterocycles. The van der Waals surface area contributed by atoms with Crippen LogP contribution >= 0.6 is 15.9 Å². The standard InChI is InChI=1S/C11H10BrF2N3O2/c1-5-3-7(12)8(4-9(5)18)17-11(19)16(10(13)14)6(2)15-17/h3-4,10,18H,1-2H3. The maximum atomic E-state index is 12.7. The van der Waals surface area contributed by atoms with Gasteiger partial charge in [0.25, 0.3) is 0 Å². The van der Waals surface area contributed by atoms with E-state index >= 15 is 0 Å². The number of hydrogen-bond donors (Lipinski definition) is 1. The van der Waals surface area contributed by atoms with Crippen molar-refractivity contribution in [2.45, 2.75) is 20.4 Å². The Labute approximate surface area is 115 Å². The van der Waals surface area contributed by atoms with Gasteiger partial charge < -0.3 is 5.11 Å². The molecule has 0 bridgehead atoms. The number of phenolic OH excluding ortho intramolecular Hbond substituents is 1. The van der Waals surface area contributed by atoms with E-state index in [1.54, 1.807) is 13.0 Å². The molecule has 0 fully saturated rings. The highest BCUT2D eigenvalue weighted by Gasteiger charge is 2.20. The highest BCUT2D eigenvalue weighted by Crippen LogP contribution is 2.28. The van der Waals surface area contributed by atoms with Crippen molar-refractivity contribution >= 4 is 15.9 Å². The average Bonchev–Trinajstić information content (AvgIpc) is 2.59. The zero-order valence-corrected chi connectivity index (χ0v) is 11.6. The van der Waals surface area contributed by atoms with Gasteiger partial charge >= 0.3 is 12.2 Å². The molecule has 0 saturated carbocycles. The van der Waals surface area contributed by atoms with E-state index in [4.69, 9.17) is 0 Å². The molecule has 0 amide bonds. The number of nitrogens with zero attached hydrogens (tertiary/aromatic N) is 3. The molecular weight excluding hydrogens is 324 g/mol. The summed E-state index contributed by atoms with van der Waals surface area (Å²) in [4.78, 5) is 11.9. The summed E-state index contributed by atoms with van der Waals surface area (Å²) in [5, 5.41) is 13.4. The Morgan fingerprint density at radius 3 is 2.53 bits per heavy atom. The number of aryl methyl sites for hydroxylation is 2. The van der Waals surface area contributed by atoms with Gasteiger partial charge in [0, 0.05) is 10.5 Å². The molecule has 0 aliphatic heterocycles. The monoisotopic (exact) mass is 333 g/mol. The SMILES string of the molecule is Cc1cc(Br)c(-n2nc(C)n(C(F)F)c2=O)cc1O. The number of hydrogen-bond acceptors (Lipinski definition) is 3. The molecule has 0 radical (unpaired) electrons. The molecule has 5 nitrogen and oxygen atoms in total. The van der Waals surface area contributed by atoms with E-state index in [1.807, 2.05) is 0 Å². The molecule has 0 spiro atoms. The third-order valence-corrected chi connectivity index (χ3v) is 3.30. The summed E-state index contributed by atoms with van der Waals surface area (Å²) < 4.78 is 27.0. The van der Waals surface area contributed by atoms with E-state index in [0.717, 1.165) is 4.68 Å². The van der Waals surface area contributed by atoms with E-state index in [0.29, 0.717) is 10.0 Å². The van der Waals surface area contributed by atoms with Crippen LogP contribution in [0.5, 0.6) is 5.75 Å². The summed E-state index contributed by atoms with van der Waals surface area (Å²) in [7, 11) is 0. The Balaban J connectivity index is 2.70. The van der Waals surface area contributed by atoms with Crippen LogP contribution in [0.15, 0.2) is 21.4 Å². The van der Waals surface area contributed by atoms with Crippen LogP contribution in [0.25, 0.3) is 5.69 Å². The molecule has 102 valence electrons. The third kappa shape index (κ3) is 2.27. The van der Waals surface area contributed by atoms with Crippen LogP contribution in [-0.2, 0) is 0 Å². The molecule has 1 aromatic carbocycles. The van der Waals surface area contributed by atoms with Crippen molar-refractivity contribution in [3.63, 3.8) is 0 Å². The summed E-state index contributed by atoms with van der Waals surface area (Å²) in [5.74, 6) is -0.152. The van der Waals surface area contributed by atoms with E-state index in [1.165, 1.54) is 13.0 Å². The Morgan fingerprint density at radius 2 is 2.00 bits per heavy atom. The number of aromatic nitrogens is 3. The molecule has 19 heavy (non-hydrogen) atoms. The minimum atomic E-state index is -2.96. The van der Waals surface area contributed by atoms with Crippen LogP contribution in [0.4, 0.5) is 8.78 Å². The van der Waals surface area contributed by atoms with E-state index in [2.05, 4.69) is 21.0 Å². The average molecular weight is 334 g/mol. The first-order valence-electron chi connectivity index (χ1n) is 5.28. The van der Waals surface area contributed by atoms with Crippen molar-refractivity contribution < 1.29 is 13.9 Å². The van der Waals surface area contributed by atoms with Crippen LogP contribution < -0.4 is 5.69 Å². The van der Waals surface area contributed by atoms with E-state index in [-0.39, 0.29) is 21.8 Å². The number of halogens is 3. The lowest BCUT2D eigenvalue weighted by Gasteiger charge is -2.06. The summed E-state index contributed by atoms with van der Waals surface area (Å²) in [5.41, 5.74) is -0.166. The van der Waals surface area contributed by atoms with Crippen molar-refractivity contribution in [2.24, 2.45) is 0 Å². The lowest BCUT2D eigenvalue weighted by Crippen LogP contribution is -2.25. The van der Waals surface area contributed by atoms with E-state index in [9.17, 15) is 18.7 Å². The summed E-state index contributed by atoms with van der Waals surface area (Å²) in [6, 6.07) is 2.87. The second-order valence-electron chi connectivity index (χ2n) is 3.98. The highest BCUT2D eigenvalue weighted by molar-refractivity contribution is 9.10. The fraction of sp³-hybridized carbons (Fsp3) is 0.273. The summed E-state index contributed by atoms with van der Waals surface area (Å²) in [6.45, 7) is 0.0286. The van der Waals surface area contributed by atoms with Gasteiger partial charge in [0.05, 0.1) is 5.69 Å². The van der Waals surface area contributed by atoms with Gasteiger partial charge in [0.15, 0.2) is 0 Å². The molecule has 1 N–H and O–H groups in total. The van der Waals surface area contributed by atoms with Gasteiger partial charge in [-0.15, -0.1) is 5.10 Å². The molecule has 1 heterocycles. The molecule has 0 aliphatic carbocycles. The molecule has 2 aromatic rings.